The second kappa shape index (κ2) is 11.3. The van der Waals surface area contributed by atoms with Crippen molar-refractivity contribution < 1.29 is 54.5 Å². The van der Waals surface area contributed by atoms with Gasteiger partial charge in [-0.3, -0.25) is 9.59 Å². The van der Waals surface area contributed by atoms with E-state index in [4.69, 9.17) is 4.74 Å². The fraction of sp³-hybridized carbons (Fsp3) is 0.231. The maximum atomic E-state index is 15.1. The van der Waals surface area contributed by atoms with Gasteiger partial charge in [-0.2, -0.15) is 8.78 Å². The van der Waals surface area contributed by atoms with Gasteiger partial charge in [-0.15, -0.1) is 13.2 Å². The van der Waals surface area contributed by atoms with Crippen molar-refractivity contribution in [3.8, 4) is 17.2 Å². The predicted octanol–water partition coefficient (Wildman–Crippen LogP) is 5.40. The van der Waals surface area contributed by atoms with Gasteiger partial charge in [0, 0.05) is 47.5 Å². The number of hydrogen-bond acceptors (Lipinski definition) is 5. The summed E-state index contributed by atoms with van der Waals surface area (Å²) in [4.78, 5) is 27.4. The van der Waals surface area contributed by atoms with Crippen LogP contribution in [0.15, 0.2) is 60.7 Å². The summed E-state index contributed by atoms with van der Waals surface area (Å²) < 4.78 is 106. The van der Waals surface area contributed by atoms with Crippen LogP contribution in [0.4, 0.5) is 36.4 Å². The van der Waals surface area contributed by atoms with E-state index in [0.29, 0.717) is 0 Å². The van der Waals surface area contributed by atoms with E-state index in [2.05, 4.69) is 14.8 Å². The molecular weight excluding hydrogens is 553 g/mol. The van der Waals surface area contributed by atoms with Crippen LogP contribution >= 0.6 is 0 Å². The van der Waals surface area contributed by atoms with Gasteiger partial charge in [-0.25, -0.2) is 8.78 Å². The van der Waals surface area contributed by atoms with E-state index < -0.39 is 59.7 Å². The van der Waals surface area contributed by atoms with E-state index in [-0.39, 0.29) is 29.3 Å². The summed E-state index contributed by atoms with van der Waals surface area (Å²) in [5, 5.41) is 2.38. The molecule has 1 heterocycles. The molecule has 0 radical (unpaired) electrons. The fourth-order valence-corrected chi connectivity index (χ4v) is 4.28. The zero-order valence-corrected chi connectivity index (χ0v) is 20.3. The first-order chi connectivity index (χ1) is 18.9. The van der Waals surface area contributed by atoms with Crippen LogP contribution in [0.25, 0.3) is 0 Å². The summed E-state index contributed by atoms with van der Waals surface area (Å²) in [5.41, 5.74) is -0.675. The lowest BCUT2D eigenvalue weighted by atomic mass is 9.92. The third-order valence-corrected chi connectivity index (χ3v) is 5.96. The monoisotopic (exact) mass is 572 g/mol. The van der Waals surface area contributed by atoms with Crippen LogP contribution in [0.2, 0.25) is 0 Å². The van der Waals surface area contributed by atoms with Crippen molar-refractivity contribution >= 4 is 17.5 Å². The van der Waals surface area contributed by atoms with Crippen molar-refractivity contribution in [1.82, 2.24) is 5.32 Å². The van der Waals surface area contributed by atoms with Gasteiger partial charge in [0.2, 0.25) is 5.91 Å². The number of alkyl halides is 5. The quantitative estimate of drug-likeness (QED) is 0.366. The van der Waals surface area contributed by atoms with Gasteiger partial charge in [-0.05, 0) is 36.4 Å². The predicted molar refractivity (Wildman–Crippen MR) is 125 cm³/mol. The molecule has 1 N–H and O–H groups in total. The first-order valence-electron chi connectivity index (χ1n) is 11.4. The van der Waals surface area contributed by atoms with Crippen molar-refractivity contribution in [3.05, 3.63) is 83.4 Å². The number of methoxy groups -OCH3 is 1. The number of carbonyl (C=O) groups is 2. The van der Waals surface area contributed by atoms with Gasteiger partial charge in [0.05, 0.1) is 7.11 Å². The third-order valence-electron chi connectivity index (χ3n) is 5.96. The zero-order chi connectivity index (χ0) is 29.2. The molecule has 0 spiro atoms. The first-order valence-corrected chi connectivity index (χ1v) is 11.4. The van der Waals surface area contributed by atoms with Crippen LogP contribution in [-0.2, 0) is 4.79 Å². The normalized spacial score (nSPS) is 17.2. The number of nitrogens with one attached hydrogen (secondary N) is 1. The molecule has 14 heteroatoms. The second-order valence-electron chi connectivity index (χ2n) is 8.46. The lowest BCUT2D eigenvalue weighted by Crippen LogP contribution is -2.44. The van der Waals surface area contributed by atoms with Crippen LogP contribution in [0, 0.1) is 11.6 Å². The molecule has 40 heavy (non-hydrogen) atoms. The number of ether oxygens (including phenoxy) is 3. The van der Waals surface area contributed by atoms with Gasteiger partial charge in [0.1, 0.15) is 34.9 Å². The Labute approximate surface area is 222 Å². The molecule has 2 amide bonds. The number of amides is 2. The minimum absolute atomic E-state index is 0.0490. The molecule has 3 aromatic rings. The maximum Gasteiger partial charge on any atom is 0.573 e. The van der Waals surface area contributed by atoms with E-state index in [1.165, 1.54) is 25.3 Å². The van der Waals surface area contributed by atoms with E-state index in [0.717, 1.165) is 47.4 Å². The molecule has 0 bridgehead atoms. The molecule has 7 nitrogen and oxygen atoms in total. The molecule has 1 saturated heterocycles. The average Bonchev–Trinajstić information content (AvgIpc) is 3.18. The number of carbonyl (C=O) groups excluding carboxylic acids is 2. The van der Waals surface area contributed by atoms with Crippen LogP contribution in [-0.4, -0.2) is 44.5 Å². The van der Waals surface area contributed by atoms with Crippen LogP contribution in [0.5, 0.6) is 17.2 Å². The Hall–Kier alpha value is -4.49. The van der Waals surface area contributed by atoms with E-state index in [9.17, 15) is 31.5 Å². The highest BCUT2D eigenvalue weighted by atomic mass is 19.4. The standard InChI is InChI=1S/C26H19F7N2O5/c1-38-17-10-19(27)21(20(28)11-17)18-12-35(14-3-2-4-16(9-14)39-25(29)30)24(37)22(18)34-23(36)13-5-7-15(8-6-13)40-26(31,32)33/h2-11,18,22,25H,12H2,1H3,(H,34,36)/t18-,22-/m0/s1. The molecule has 2 atom stereocenters. The third kappa shape index (κ3) is 6.38. The number of halogens is 7. The Balaban J connectivity index is 1.67. The van der Waals surface area contributed by atoms with Crippen molar-refractivity contribution in [1.29, 1.82) is 0 Å². The van der Waals surface area contributed by atoms with Crippen molar-refractivity contribution in [2.45, 2.75) is 24.9 Å². The molecule has 0 aromatic heterocycles. The molecule has 1 aliphatic heterocycles. The number of nitrogens with zero attached hydrogens (tertiary/aromatic N) is 1. The molecule has 1 fully saturated rings. The zero-order valence-electron chi connectivity index (χ0n) is 20.3. The highest BCUT2D eigenvalue weighted by molar-refractivity contribution is 6.05. The van der Waals surface area contributed by atoms with Crippen LogP contribution in [0.3, 0.4) is 0 Å². The van der Waals surface area contributed by atoms with Crippen molar-refractivity contribution in [3.63, 3.8) is 0 Å². The minimum Gasteiger partial charge on any atom is -0.497 e. The summed E-state index contributed by atoms with van der Waals surface area (Å²) in [6, 6.07) is 8.99. The Bertz CT molecular complexity index is 1380. The van der Waals surface area contributed by atoms with Gasteiger partial charge in [0.25, 0.3) is 5.91 Å². The second-order valence-corrected chi connectivity index (χ2v) is 8.46. The Morgan fingerprint density at radius 2 is 1.62 bits per heavy atom. The smallest absolute Gasteiger partial charge is 0.497 e. The highest BCUT2D eigenvalue weighted by Gasteiger charge is 2.45. The Kier molecular flexibility index (Phi) is 8.07. The topological polar surface area (TPSA) is 77.1 Å². The van der Waals surface area contributed by atoms with Crippen molar-refractivity contribution in [2.24, 2.45) is 0 Å². The molecule has 1 aliphatic rings. The van der Waals surface area contributed by atoms with E-state index in [1.54, 1.807) is 0 Å². The summed E-state index contributed by atoms with van der Waals surface area (Å²) in [6.07, 6.45) is -4.96. The molecule has 212 valence electrons. The highest BCUT2D eigenvalue weighted by Crippen LogP contribution is 2.37. The molecular formula is C26H19F7N2O5. The average molecular weight is 572 g/mol. The lowest BCUT2D eigenvalue weighted by molar-refractivity contribution is -0.274. The summed E-state index contributed by atoms with van der Waals surface area (Å²) >= 11 is 0. The Morgan fingerprint density at radius 1 is 0.975 bits per heavy atom. The lowest BCUT2D eigenvalue weighted by Gasteiger charge is -2.20. The molecule has 0 saturated carbocycles. The molecule has 0 unspecified atom stereocenters. The number of benzene rings is 3. The Morgan fingerprint density at radius 3 is 2.20 bits per heavy atom. The minimum atomic E-state index is -4.96. The van der Waals surface area contributed by atoms with E-state index >= 15 is 8.78 Å². The van der Waals surface area contributed by atoms with E-state index in [1.807, 2.05) is 0 Å². The van der Waals surface area contributed by atoms with Gasteiger partial charge in [-0.1, -0.05) is 6.07 Å². The maximum absolute atomic E-state index is 15.1. The first kappa shape index (κ1) is 28.5. The largest absolute Gasteiger partial charge is 0.573 e. The van der Waals surface area contributed by atoms with Gasteiger partial charge >= 0.3 is 13.0 Å². The molecule has 4 rings (SSSR count). The van der Waals surface area contributed by atoms with Gasteiger partial charge < -0.3 is 24.4 Å². The number of anilines is 1. The van der Waals surface area contributed by atoms with Crippen LogP contribution < -0.4 is 24.4 Å². The molecule has 3 aromatic carbocycles. The van der Waals surface area contributed by atoms with Crippen molar-refractivity contribution in [2.75, 3.05) is 18.6 Å². The molecule has 0 aliphatic carbocycles. The van der Waals surface area contributed by atoms with Crippen LogP contribution in [0.1, 0.15) is 21.8 Å². The number of rotatable bonds is 8. The summed E-state index contributed by atoms with van der Waals surface area (Å²) in [7, 11) is 1.19. The van der Waals surface area contributed by atoms with Gasteiger partial charge in [0.15, 0.2) is 0 Å². The summed E-state index contributed by atoms with van der Waals surface area (Å²) in [5.74, 6) is -6.25. The summed E-state index contributed by atoms with van der Waals surface area (Å²) in [6.45, 7) is -3.53. The fourth-order valence-electron chi connectivity index (χ4n) is 4.28. The SMILES string of the molecule is COc1cc(F)c([C@@H]2CN(c3cccc(OC(F)F)c3)C(=O)[C@H]2NC(=O)c2ccc(OC(F)(F)F)cc2)c(F)c1. The number of hydrogen-bond donors (Lipinski definition) is 1.